The van der Waals surface area contributed by atoms with Crippen LogP contribution in [-0.4, -0.2) is 19.7 Å². The second kappa shape index (κ2) is 6.54. The third-order valence-corrected chi connectivity index (χ3v) is 6.55. The largest absolute Gasteiger partial charge is 0.477 e. The molecule has 2 aliphatic rings. The minimum Gasteiger partial charge on any atom is -0.477 e. The van der Waals surface area contributed by atoms with Crippen molar-refractivity contribution >= 4 is 27.5 Å². The number of fused-ring (bicyclic) bond motifs is 1. The van der Waals surface area contributed by atoms with Crippen LogP contribution in [0.4, 0.5) is 4.39 Å². The quantitative estimate of drug-likeness (QED) is 0.703. The van der Waals surface area contributed by atoms with Gasteiger partial charge in [-0.15, -0.1) is 0 Å². The molecule has 2 heterocycles. The number of methoxy groups -OCH3 is 1. The molecule has 0 radical (unpaired) electrons. The third kappa shape index (κ3) is 2.52. The summed E-state index contributed by atoms with van der Waals surface area (Å²) in [5.41, 5.74) is 0.987. The predicted octanol–water partition coefficient (Wildman–Crippen LogP) is 4.97. The highest BCUT2D eigenvalue weighted by Gasteiger charge is 2.57. The molecule has 3 atom stereocenters. The number of hydrogen-bond acceptors (Lipinski definition) is 3. The molecule has 0 aromatic heterocycles. The van der Waals surface area contributed by atoms with Crippen molar-refractivity contribution in [2.75, 3.05) is 13.7 Å². The monoisotopic (exact) mass is 425 g/mol. The molecule has 3 nitrogen and oxygen atoms in total. The standard InChI is InChI=1S/C19H18BrClFNO2/c1-24-18-15-13(10-12(22)17(21)16(15)20)25-19(18,14-8-5-9-23-14)11-6-3-2-4-7-11/h2-4,6-7,10,14,18,23H,5,8-9H2,1H3/t14?,18-,19-/m0/s1. The van der Waals surface area contributed by atoms with Crippen LogP contribution < -0.4 is 10.1 Å². The molecular formula is C19H18BrClFNO2. The van der Waals surface area contributed by atoms with E-state index in [0.29, 0.717) is 10.2 Å². The van der Waals surface area contributed by atoms with E-state index >= 15 is 0 Å². The van der Waals surface area contributed by atoms with Crippen molar-refractivity contribution in [3.63, 3.8) is 0 Å². The Bertz CT molecular complexity index is 798. The lowest BCUT2D eigenvalue weighted by Crippen LogP contribution is -2.51. The SMILES string of the molecule is CO[C@H]1c2c(cc(F)c(Cl)c2Br)O[C@@]1(c1ccccc1)C1CCCN1. The van der Waals surface area contributed by atoms with Gasteiger partial charge in [0.15, 0.2) is 5.60 Å². The summed E-state index contributed by atoms with van der Waals surface area (Å²) < 4.78 is 27.1. The Morgan fingerprint density at radius 2 is 2.12 bits per heavy atom. The minimum absolute atomic E-state index is 0.0487. The van der Waals surface area contributed by atoms with Crippen LogP contribution in [0.5, 0.6) is 5.75 Å². The lowest BCUT2D eigenvalue weighted by molar-refractivity contribution is -0.0771. The fraction of sp³-hybridized carbons (Fsp3) is 0.368. The molecule has 0 bridgehead atoms. The summed E-state index contributed by atoms with van der Waals surface area (Å²) in [6.45, 7) is 0.922. The van der Waals surface area contributed by atoms with Gasteiger partial charge in [0.05, 0.1) is 11.1 Å². The smallest absolute Gasteiger partial charge is 0.179 e. The van der Waals surface area contributed by atoms with E-state index in [1.807, 2.05) is 30.3 Å². The van der Waals surface area contributed by atoms with Gasteiger partial charge in [0.2, 0.25) is 0 Å². The average molecular weight is 427 g/mol. The lowest BCUT2D eigenvalue weighted by atomic mass is 9.79. The van der Waals surface area contributed by atoms with E-state index in [0.717, 1.165) is 30.5 Å². The first-order chi connectivity index (χ1) is 12.1. The number of hydrogen-bond donors (Lipinski definition) is 1. The van der Waals surface area contributed by atoms with Crippen molar-refractivity contribution in [3.8, 4) is 5.75 Å². The van der Waals surface area contributed by atoms with Crippen LogP contribution in [0.15, 0.2) is 40.9 Å². The van der Waals surface area contributed by atoms with Gasteiger partial charge in [0.25, 0.3) is 0 Å². The summed E-state index contributed by atoms with van der Waals surface area (Å²) in [5, 5.41) is 3.59. The Balaban J connectivity index is 1.95. The zero-order valence-electron chi connectivity index (χ0n) is 13.7. The van der Waals surface area contributed by atoms with Crippen molar-refractivity contribution in [3.05, 3.63) is 62.8 Å². The van der Waals surface area contributed by atoms with E-state index in [-0.39, 0.29) is 11.1 Å². The Morgan fingerprint density at radius 1 is 1.36 bits per heavy atom. The molecule has 0 spiro atoms. The predicted molar refractivity (Wildman–Crippen MR) is 98.6 cm³/mol. The molecule has 1 N–H and O–H groups in total. The van der Waals surface area contributed by atoms with E-state index in [1.165, 1.54) is 6.07 Å². The highest BCUT2D eigenvalue weighted by Crippen LogP contribution is 2.57. The molecule has 0 saturated carbocycles. The molecule has 25 heavy (non-hydrogen) atoms. The molecule has 2 aromatic carbocycles. The second-order valence-corrected chi connectivity index (χ2v) is 7.60. The molecule has 6 heteroatoms. The first-order valence-electron chi connectivity index (χ1n) is 8.27. The molecule has 4 rings (SSSR count). The summed E-state index contributed by atoms with van der Waals surface area (Å²) in [7, 11) is 1.65. The molecule has 1 unspecified atom stereocenters. The van der Waals surface area contributed by atoms with E-state index in [2.05, 4.69) is 21.2 Å². The van der Waals surface area contributed by atoms with Gasteiger partial charge in [0, 0.05) is 23.2 Å². The molecule has 132 valence electrons. The van der Waals surface area contributed by atoms with Gasteiger partial charge in [-0.1, -0.05) is 41.9 Å². The molecule has 0 aliphatic carbocycles. The van der Waals surface area contributed by atoms with Crippen molar-refractivity contribution in [2.45, 2.75) is 30.6 Å². The van der Waals surface area contributed by atoms with E-state index in [4.69, 9.17) is 21.1 Å². The number of halogens is 3. The number of nitrogens with one attached hydrogen (secondary N) is 1. The van der Waals surface area contributed by atoms with Crippen molar-refractivity contribution in [2.24, 2.45) is 0 Å². The number of benzene rings is 2. The van der Waals surface area contributed by atoms with Crippen LogP contribution in [0, 0.1) is 5.82 Å². The van der Waals surface area contributed by atoms with Gasteiger partial charge in [-0.3, -0.25) is 0 Å². The van der Waals surface area contributed by atoms with Crippen LogP contribution in [0.25, 0.3) is 0 Å². The van der Waals surface area contributed by atoms with Crippen LogP contribution in [0.2, 0.25) is 5.02 Å². The summed E-state index contributed by atoms with van der Waals surface area (Å²) in [6.07, 6.45) is 1.61. The summed E-state index contributed by atoms with van der Waals surface area (Å²) in [5.74, 6) is -0.0384. The van der Waals surface area contributed by atoms with Crippen molar-refractivity contribution in [1.29, 1.82) is 0 Å². The first kappa shape index (κ1) is 17.3. The van der Waals surface area contributed by atoms with E-state index < -0.39 is 17.5 Å². The third-order valence-electron chi connectivity index (χ3n) is 5.13. The molecule has 1 fully saturated rings. The zero-order chi connectivity index (χ0) is 17.6. The van der Waals surface area contributed by atoms with Crippen molar-refractivity contribution < 1.29 is 13.9 Å². The molecule has 0 amide bonds. The van der Waals surface area contributed by atoms with Crippen molar-refractivity contribution in [1.82, 2.24) is 5.32 Å². The maximum Gasteiger partial charge on any atom is 0.179 e. The van der Waals surface area contributed by atoms with E-state index in [9.17, 15) is 4.39 Å². The normalized spacial score (nSPS) is 28.0. The summed E-state index contributed by atoms with van der Waals surface area (Å²) in [4.78, 5) is 0. The highest BCUT2D eigenvalue weighted by molar-refractivity contribution is 9.10. The first-order valence-corrected chi connectivity index (χ1v) is 9.44. The van der Waals surface area contributed by atoms with Gasteiger partial charge in [-0.05, 0) is 40.9 Å². The van der Waals surface area contributed by atoms with Gasteiger partial charge in [0.1, 0.15) is 17.7 Å². The molecule has 2 aliphatic heterocycles. The molecule has 2 aromatic rings. The zero-order valence-corrected chi connectivity index (χ0v) is 16.0. The van der Waals surface area contributed by atoms with Crippen LogP contribution in [-0.2, 0) is 10.3 Å². The Morgan fingerprint density at radius 3 is 2.76 bits per heavy atom. The Labute approximate surface area is 159 Å². The highest BCUT2D eigenvalue weighted by atomic mass is 79.9. The maximum absolute atomic E-state index is 14.2. The number of rotatable bonds is 3. The fourth-order valence-corrected chi connectivity index (χ4v) is 4.82. The summed E-state index contributed by atoms with van der Waals surface area (Å²) >= 11 is 9.58. The topological polar surface area (TPSA) is 30.5 Å². The van der Waals surface area contributed by atoms with Crippen LogP contribution in [0.1, 0.15) is 30.1 Å². The van der Waals surface area contributed by atoms with Crippen LogP contribution >= 0.6 is 27.5 Å². The lowest BCUT2D eigenvalue weighted by Gasteiger charge is -2.39. The average Bonchev–Trinajstić information content (AvgIpc) is 3.27. The van der Waals surface area contributed by atoms with Gasteiger partial charge in [-0.25, -0.2) is 4.39 Å². The van der Waals surface area contributed by atoms with Gasteiger partial charge >= 0.3 is 0 Å². The Kier molecular flexibility index (Phi) is 4.52. The Hall–Kier alpha value is -1.14. The minimum atomic E-state index is -0.769. The summed E-state index contributed by atoms with van der Waals surface area (Å²) in [6, 6.07) is 11.4. The second-order valence-electron chi connectivity index (χ2n) is 6.42. The molecule has 1 saturated heterocycles. The fourth-order valence-electron chi connectivity index (χ4n) is 4.07. The number of ether oxygens (including phenoxy) is 2. The van der Waals surface area contributed by atoms with E-state index in [1.54, 1.807) is 7.11 Å². The van der Waals surface area contributed by atoms with Crippen LogP contribution in [0.3, 0.4) is 0 Å². The van der Waals surface area contributed by atoms with Gasteiger partial charge < -0.3 is 14.8 Å². The molecular weight excluding hydrogens is 409 g/mol. The van der Waals surface area contributed by atoms with Gasteiger partial charge in [-0.2, -0.15) is 0 Å². The maximum atomic E-state index is 14.2.